The van der Waals surface area contributed by atoms with Crippen LogP contribution < -0.4 is 0 Å². The minimum Gasteiger partial charge on any atom is -0.212 e. The summed E-state index contributed by atoms with van der Waals surface area (Å²) >= 11 is 0. The summed E-state index contributed by atoms with van der Waals surface area (Å²) in [5.74, 6) is -0.158. The van der Waals surface area contributed by atoms with Crippen molar-refractivity contribution in [2.75, 3.05) is 5.75 Å². The van der Waals surface area contributed by atoms with Gasteiger partial charge in [-0.2, -0.15) is 0 Å². The van der Waals surface area contributed by atoms with Crippen molar-refractivity contribution in [2.45, 2.75) is 26.2 Å². The molecule has 0 heterocycles. The van der Waals surface area contributed by atoms with Crippen LogP contribution in [0.3, 0.4) is 0 Å². The molecule has 4 heteroatoms. The maximum absolute atomic E-state index is 9.93. The summed E-state index contributed by atoms with van der Waals surface area (Å²) in [6.07, 6.45) is 1.24. The molecule has 0 fully saturated rings. The summed E-state index contributed by atoms with van der Waals surface area (Å²) < 4.78 is 19.9. The van der Waals surface area contributed by atoms with Crippen LogP contribution in [-0.4, -0.2) is 14.2 Å². The molecule has 2 nitrogen and oxygen atoms in total. The zero-order valence-electron chi connectivity index (χ0n) is 10.5. The largest absolute Gasteiger partial charge is 0.236 e. The van der Waals surface area contributed by atoms with Crippen LogP contribution in [-0.2, 0) is 14.5 Å². The van der Waals surface area contributed by atoms with Crippen LogP contribution in [0, 0.1) is 0 Å². The predicted molar refractivity (Wildman–Crippen MR) is 75.0 cm³/mol. The van der Waals surface area contributed by atoms with Crippen molar-refractivity contribution < 1.29 is 8.42 Å². The lowest BCUT2D eigenvalue weighted by Crippen LogP contribution is -2.10. The first kappa shape index (κ1) is 16.2. The second kappa shape index (κ2) is 6.82. The highest BCUT2D eigenvalue weighted by atomic mass is 35.7. The van der Waals surface area contributed by atoms with Crippen LogP contribution in [0.1, 0.15) is 26.3 Å². The van der Waals surface area contributed by atoms with Crippen molar-refractivity contribution in [3.8, 4) is 0 Å². The van der Waals surface area contributed by atoms with E-state index in [-0.39, 0.29) is 5.75 Å². The molecule has 1 aromatic carbocycles. The maximum atomic E-state index is 9.93. The van der Waals surface area contributed by atoms with Gasteiger partial charge in [-0.3, -0.25) is 0 Å². The Kier molecular flexibility index (Phi) is 6.50. The summed E-state index contributed by atoms with van der Waals surface area (Å²) in [5.41, 5.74) is 1.69. The molecule has 0 radical (unpaired) electrons. The van der Waals surface area contributed by atoms with Crippen molar-refractivity contribution in [3.05, 3.63) is 48.6 Å². The normalized spacial score (nSPS) is 11.3. The number of benzene rings is 1. The van der Waals surface area contributed by atoms with Crippen molar-refractivity contribution in [1.82, 2.24) is 0 Å². The molecule has 0 atom stereocenters. The third-order valence-corrected chi connectivity index (χ3v) is 2.97. The molecule has 0 spiro atoms. The summed E-state index contributed by atoms with van der Waals surface area (Å²) in [6, 6.07) is 10.6. The molecular formula is C13H19ClO2S. The molecule has 1 aromatic rings. The second-order valence-corrected chi connectivity index (χ2v) is 7.43. The van der Waals surface area contributed by atoms with Crippen molar-refractivity contribution in [2.24, 2.45) is 0 Å². The summed E-state index contributed by atoms with van der Waals surface area (Å²) in [6.45, 7) is 9.86. The van der Waals surface area contributed by atoms with Crippen molar-refractivity contribution >= 4 is 19.7 Å². The van der Waals surface area contributed by atoms with E-state index in [1.165, 1.54) is 11.6 Å². The maximum Gasteiger partial charge on any atom is 0.236 e. The van der Waals surface area contributed by atoms with Crippen LogP contribution in [0.25, 0.3) is 0 Å². The van der Waals surface area contributed by atoms with E-state index in [0.717, 1.165) is 0 Å². The summed E-state index contributed by atoms with van der Waals surface area (Å²) in [5, 5.41) is 0. The Bertz CT molecular complexity index is 430. The van der Waals surface area contributed by atoms with E-state index in [0.29, 0.717) is 5.41 Å². The standard InChI is InChI=1S/C10H14.C3H5ClO2S/c1-10(2,3)9-7-5-4-6-8-9;1-2-3-7(4,5)6/h4-8H,1-3H3;2H,1,3H2. The molecule has 0 saturated heterocycles. The molecule has 0 amide bonds. The van der Waals surface area contributed by atoms with E-state index in [4.69, 9.17) is 10.7 Å². The highest BCUT2D eigenvalue weighted by molar-refractivity contribution is 8.13. The second-order valence-electron chi connectivity index (χ2n) is 4.61. The topological polar surface area (TPSA) is 34.1 Å². The molecule has 0 saturated carbocycles. The van der Waals surface area contributed by atoms with Gasteiger partial charge in [0.25, 0.3) is 0 Å². The molecule has 1 rings (SSSR count). The first-order valence-electron chi connectivity index (χ1n) is 5.25. The minimum absolute atomic E-state index is 0.158. The zero-order valence-corrected chi connectivity index (χ0v) is 12.1. The lowest BCUT2D eigenvalue weighted by molar-refractivity contribution is 0.590. The first-order chi connectivity index (χ1) is 7.67. The van der Waals surface area contributed by atoms with E-state index < -0.39 is 9.05 Å². The molecule has 96 valence electrons. The predicted octanol–water partition coefficient (Wildman–Crippen LogP) is 3.73. The van der Waals surface area contributed by atoms with Gasteiger partial charge in [-0.25, -0.2) is 8.42 Å². The lowest BCUT2D eigenvalue weighted by Gasteiger charge is -2.18. The lowest BCUT2D eigenvalue weighted by atomic mass is 9.87. The van der Waals surface area contributed by atoms with E-state index in [9.17, 15) is 8.42 Å². The minimum atomic E-state index is -3.32. The molecular weight excluding hydrogens is 256 g/mol. The van der Waals surface area contributed by atoms with Gasteiger partial charge in [0.05, 0.1) is 5.75 Å². The van der Waals surface area contributed by atoms with Crippen LogP contribution in [0.5, 0.6) is 0 Å². The first-order valence-corrected chi connectivity index (χ1v) is 7.73. The van der Waals surface area contributed by atoms with E-state index in [2.05, 4.69) is 57.7 Å². The van der Waals surface area contributed by atoms with Crippen LogP contribution in [0.15, 0.2) is 43.0 Å². The Morgan fingerprint density at radius 2 is 1.71 bits per heavy atom. The Morgan fingerprint density at radius 1 is 1.24 bits per heavy atom. The monoisotopic (exact) mass is 274 g/mol. The van der Waals surface area contributed by atoms with E-state index in [1.54, 1.807) is 0 Å². The average molecular weight is 275 g/mol. The molecule has 0 N–H and O–H groups in total. The molecule has 0 aromatic heterocycles. The Labute approximate surface area is 109 Å². The number of hydrogen-bond donors (Lipinski definition) is 0. The highest BCUT2D eigenvalue weighted by Crippen LogP contribution is 2.20. The Morgan fingerprint density at radius 3 is 1.88 bits per heavy atom. The third kappa shape index (κ3) is 8.95. The Hall–Kier alpha value is -0.800. The number of hydrogen-bond acceptors (Lipinski definition) is 2. The summed E-state index contributed by atoms with van der Waals surface area (Å²) in [7, 11) is 1.41. The molecule has 17 heavy (non-hydrogen) atoms. The van der Waals surface area contributed by atoms with E-state index >= 15 is 0 Å². The van der Waals surface area contributed by atoms with Gasteiger partial charge in [0.1, 0.15) is 0 Å². The molecule has 0 aliphatic carbocycles. The van der Waals surface area contributed by atoms with E-state index in [1.807, 2.05) is 0 Å². The van der Waals surface area contributed by atoms with Gasteiger partial charge >= 0.3 is 0 Å². The molecule has 0 aliphatic heterocycles. The quantitative estimate of drug-likeness (QED) is 0.608. The van der Waals surface area contributed by atoms with Gasteiger partial charge in [0.15, 0.2) is 0 Å². The van der Waals surface area contributed by atoms with Crippen LogP contribution in [0.4, 0.5) is 0 Å². The van der Waals surface area contributed by atoms with Gasteiger partial charge < -0.3 is 0 Å². The molecule has 0 aliphatic rings. The average Bonchev–Trinajstić information content (AvgIpc) is 2.17. The third-order valence-electron chi connectivity index (χ3n) is 1.96. The van der Waals surface area contributed by atoms with Gasteiger partial charge in [-0.15, -0.1) is 6.58 Å². The Balaban J connectivity index is 0.000000325. The number of halogens is 1. The van der Waals surface area contributed by atoms with Gasteiger partial charge in [0, 0.05) is 10.7 Å². The fraction of sp³-hybridized carbons (Fsp3) is 0.385. The van der Waals surface area contributed by atoms with Crippen LogP contribution >= 0.6 is 10.7 Å². The van der Waals surface area contributed by atoms with Crippen molar-refractivity contribution in [3.63, 3.8) is 0 Å². The zero-order chi connectivity index (χ0) is 13.5. The van der Waals surface area contributed by atoms with Crippen LogP contribution in [0.2, 0.25) is 0 Å². The molecule has 0 unspecified atom stereocenters. The summed E-state index contributed by atoms with van der Waals surface area (Å²) in [4.78, 5) is 0. The van der Waals surface area contributed by atoms with Gasteiger partial charge in [0.2, 0.25) is 9.05 Å². The molecule has 0 bridgehead atoms. The SMILES string of the molecule is C=CCS(=O)(=O)Cl.CC(C)(C)c1ccccc1. The highest BCUT2D eigenvalue weighted by Gasteiger charge is 2.11. The van der Waals surface area contributed by atoms with Gasteiger partial charge in [-0.05, 0) is 11.0 Å². The van der Waals surface area contributed by atoms with Crippen molar-refractivity contribution in [1.29, 1.82) is 0 Å². The smallest absolute Gasteiger partial charge is 0.212 e. The number of rotatable bonds is 2. The van der Waals surface area contributed by atoms with Gasteiger partial charge in [-0.1, -0.05) is 57.2 Å². The fourth-order valence-electron chi connectivity index (χ4n) is 1.08. The fourth-order valence-corrected chi connectivity index (χ4v) is 1.63.